The molecule has 0 bridgehead atoms. The van der Waals surface area contributed by atoms with E-state index >= 15 is 0 Å². The topological polar surface area (TPSA) is 60.2 Å². The van der Waals surface area contributed by atoms with E-state index in [2.05, 4.69) is 6.58 Å². The van der Waals surface area contributed by atoms with Gasteiger partial charge in [-0.3, -0.25) is 0 Å². The van der Waals surface area contributed by atoms with Crippen LogP contribution in [-0.2, 0) is 10.0 Å². The molecule has 4 heteroatoms. The molecule has 0 spiro atoms. The lowest BCUT2D eigenvalue weighted by atomic mass is 9.99. The summed E-state index contributed by atoms with van der Waals surface area (Å²) in [5, 5.41) is 4.84. The van der Waals surface area contributed by atoms with Crippen LogP contribution in [0.15, 0.2) is 12.7 Å². The number of hydrogen-bond acceptors (Lipinski definition) is 2. The zero-order valence-electron chi connectivity index (χ0n) is 8.65. The SMILES string of the molecule is C=CC[C@@H](C)[C@@H](CC1CC1)S(N)(=O)=O. The molecule has 0 radical (unpaired) electrons. The van der Waals surface area contributed by atoms with Crippen molar-refractivity contribution in [1.29, 1.82) is 0 Å². The highest BCUT2D eigenvalue weighted by Gasteiger charge is 2.34. The minimum Gasteiger partial charge on any atom is -0.228 e. The zero-order valence-corrected chi connectivity index (χ0v) is 9.46. The summed E-state index contributed by atoms with van der Waals surface area (Å²) in [5.74, 6) is 0.675. The van der Waals surface area contributed by atoms with E-state index in [0.717, 1.165) is 19.3 Å². The normalized spacial score (nSPS) is 21.6. The maximum Gasteiger partial charge on any atom is 0.212 e. The number of nitrogens with two attached hydrogens (primary N) is 1. The third-order valence-electron chi connectivity index (χ3n) is 2.86. The molecule has 1 saturated carbocycles. The average molecular weight is 217 g/mol. The Morgan fingerprint density at radius 2 is 2.14 bits per heavy atom. The van der Waals surface area contributed by atoms with Gasteiger partial charge in [-0.1, -0.05) is 25.8 Å². The summed E-state index contributed by atoms with van der Waals surface area (Å²) in [6.45, 7) is 5.55. The van der Waals surface area contributed by atoms with Crippen molar-refractivity contribution >= 4 is 10.0 Å². The Balaban J connectivity index is 2.64. The number of hydrogen-bond donors (Lipinski definition) is 1. The molecule has 0 heterocycles. The molecule has 0 aromatic rings. The van der Waals surface area contributed by atoms with Crippen LogP contribution in [0.3, 0.4) is 0 Å². The first-order valence-electron chi connectivity index (χ1n) is 5.07. The number of primary sulfonamides is 1. The Hall–Kier alpha value is -0.350. The van der Waals surface area contributed by atoms with E-state index < -0.39 is 10.0 Å². The van der Waals surface area contributed by atoms with Crippen LogP contribution in [0.25, 0.3) is 0 Å². The molecule has 1 fully saturated rings. The van der Waals surface area contributed by atoms with Gasteiger partial charge in [0.25, 0.3) is 0 Å². The van der Waals surface area contributed by atoms with Gasteiger partial charge in [-0.15, -0.1) is 6.58 Å². The van der Waals surface area contributed by atoms with Crippen LogP contribution in [0, 0.1) is 11.8 Å². The molecule has 1 aliphatic carbocycles. The Labute approximate surface area is 86.4 Å². The quantitative estimate of drug-likeness (QED) is 0.688. The Morgan fingerprint density at radius 1 is 1.57 bits per heavy atom. The van der Waals surface area contributed by atoms with Gasteiger partial charge in [0.1, 0.15) is 0 Å². The lowest BCUT2D eigenvalue weighted by Gasteiger charge is -2.20. The molecule has 0 aromatic heterocycles. The Bertz CT molecular complexity index is 293. The van der Waals surface area contributed by atoms with Gasteiger partial charge in [0.05, 0.1) is 5.25 Å². The largest absolute Gasteiger partial charge is 0.228 e. The summed E-state index contributed by atoms with van der Waals surface area (Å²) in [6, 6.07) is 0. The van der Waals surface area contributed by atoms with Crippen molar-refractivity contribution in [3.63, 3.8) is 0 Å². The number of allylic oxidation sites excluding steroid dienone is 1. The zero-order chi connectivity index (χ0) is 10.8. The molecule has 0 saturated heterocycles. The fraction of sp³-hybridized carbons (Fsp3) is 0.800. The fourth-order valence-corrected chi connectivity index (χ4v) is 3.09. The van der Waals surface area contributed by atoms with Gasteiger partial charge >= 0.3 is 0 Å². The summed E-state index contributed by atoms with van der Waals surface area (Å²) < 4.78 is 22.7. The second-order valence-corrected chi connectivity index (χ2v) is 6.09. The minimum absolute atomic E-state index is 0.0862. The standard InChI is InChI=1S/C10H19NO2S/c1-3-4-8(2)10(14(11,12)13)7-9-5-6-9/h3,8-10H,1,4-7H2,2H3,(H2,11,12,13)/t8-,10-/m1/s1. The smallest absolute Gasteiger partial charge is 0.212 e. The minimum atomic E-state index is -3.39. The van der Waals surface area contributed by atoms with Crippen LogP contribution in [0.5, 0.6) is 0 Å². The van der Waals surface area contributed by atoms with Gasteiger partial charge in [0.15, 0.2) is 0 Å². The number of rotatable bonds is 6. The van der Waals surface area contributed by atoms with Crippen molar-refractivity contribution < 1.29 is 8.42 Å². The van der Waals surface area contributed by atoms with Crippen molar-refractivity contribution in [3.8, 4) is 0 Å². The third-order valence-corrected chi connectivity index (χ3v) is 4.36. The first-order valence-corrected chi connectivity index (χ1v) is 6.68. The second kappa shape index (κ2) is 4.45. The molecule has 1 rings (SSSR count). The molecule has 0 unspecified atom stereocenters. The molecule has 0 aliphatic heterocycles. The van der Waals surface area contributed by atoms with Gasteiger partial charge < -0.3 is 0 Å². The van der Waals surface area contributed by atoms with E-state index in [1.807, 2.05) is 6.92 Å². The molecule has 0 aromatic carbocycles. The molecule has 2 N–H and O–H groups in total. The third kappa shape index (κ3) is 3.42. The molecule has 14 heavy (non-hydrogen) atoms. The van der Waals surface area contributed by atoms with Gasteiger partial charge in [-0.2, -0.15) is 0 Å². The van der Waals surface area contributed by atoms with Gasteiger partial charge in [0, 0.05) is 0 Å². The molecule has 0 amide bonds. The summed E-state index contributed by atoms with van der Waals surface area (Å²) >= 11 is 0. The maximum absolute atomic E-state index is 11.4. The van der Waals surface area contributed by atoms with Crippen LogP contribution in [0.4, 0.5) is 0 Å². The van der Waals surface area contributed by atoms with Crippen LogP contribution in [0.2, 0.25) is 0 Å². The van der Waals surface area contributed by atoms with E-state index in [1.54, 1.807) is 6.08 Å². The van der Waals surface area contributed by atoms with Crippen molar-refractivity contribution in [1.82, 2.24) is 0 Å². The molecular formula is C10H19NO2S. The van der Waals surface area contributed by atoms with Crippen LogP contribution in [0.1, 0.15) is 32.6 Å². The summed E-state index contributed by atoms with van der Waals surface area (Å²) in [5.41, 5.74) is 0. The van der Waals surface area contributed by atoms with E-state index in [1.165, 1.54) is 0 Å². The van der Waals surface area contributed by atoms with Crippen molar-refractivity contribution in [2.45, 2.75) is 37.9 Å². The average Bonchev–Trinajstić information content (AvgIpc) is 2.81. The Kier molecular flexibility index (Phi) is 3.72. The first-order chi connectivity index (χ1) is 6.45. The number of sulfonamides is 1. The summed E-state index contributed by atoms with van der Waals surface area (Å²) in [7, 11) is -3.39. The first kappa shape index (κ1) is 11.7. The van der Waals surface area contributed by atoms with Crippen molar-refractivity contribution in [3.05, 3.63) is 12.7 Å². The van der Waals surface area contributed by atoms with Crippen molar-refractivity contribution in [2.24, 2.45) is 17.0 Å². The molecule has 1 aliphatic rings. The lowest BCUT2D eigenvalue weighted by Crippen LogP contribution is -2.34. The predicted octanol–water partition coefficient (Wildman–Crippen LogP) is 1.66. The lowest BCUT2D eigenvalue weighted by molar-refractivity contribution is 0.473. The molecular weight excluding hydrogens is 198 g/mol. The van der Waals surface area contributed by atoms with E-state index in [0.29, 0.717) is 12.3 Å². The summed E-state index contributed by atoms with van der Waals surface area (Å²) in [6.07, 6.45) is 5.52. The predicted molar refractivity (Wildman–Crippen MR) is 58.2 cm³/mol. The van der Waals surface area contributed by atoms with Crippen LogP contribution < -0.4 is 5.14 Å². The second-order valence-electron chi connectivity index (χ2n) is 4.31. The van der Waals surface area contributed by atoms with E-state index in [4.69, 9.17) is 5.14 Å². The highest BCUT2D eigenvalue weighted by molar-refractivity contribution is 7.89. The summed E-state index contributed by atoms with van der Waals surface area (Å²) in [4.78, 5) is 0. The van der Waals surface area contributed by atoms with Gasteiger partial charge in [-0.25, -0.2) is 13.6 Å². The highest BCUT2D eigenvalue weighted by Crippen LogP contribution is 2.37. The maximum atomic E-state index is 11.4. The monoisotopic (exact) mass is 217 g/mol. The molecule has 2 atom stereocenters. The van der Waals surface area contributed by atoms with Crippen LogP contribution >= 0.6 is 0 Å². The van der Waals surface area contributed by atoms with E-state index in [9.17, 15) is 8.42 Å². The Morgan fingerprint density at radius 3 is 2.50 bits per heavy atom. The van der Waals surface area contributed by atoms with Gasteiger partial charge in [0.2, 0.25) is 10.0 Å². The van der Waals surface area contributed by atoms with Crippen molar-refractivity contribution in [2.75, 3.05) is 0 Å². The highest BCUT2D eigenvalue weighted by atomic mass is 32.2. The molecule has 82 valence electrons. The fourth-order valence-electron chi connectivity index (χ4n) is 1.79. The van der Waals surface area contributed by atoms with E-state index in [-0.39, 0.29) is 11.2 Å². The van der Waals surface area contributed by atoms with Gasteiger partial charge in [-0.05, 0) is 24.7 Å². The van der Waals surface area contributed by atoms with Crippen LogP contribution in [-0.4, -0.2) is 13.7 Å². The molecule has 3 nitrogen and oxygen atoms in total.